The van der Waals surface area contributed by atoms with Gasteiger partial charge in [0.15, 0.2) is 5.78 Å². The van der Waals surface area contributed by atoms with Gasteiger partial charge in [0.05, 0.1) is 11.3 Å². The molecule has 1 aromatic carbocycles. The van der Waals surface area contributed by atoms with E-state index in [-0.39, 0.29) is 11.5 Å². The topological polar surface area (TPSA) is 44.1 Å². The van der Waals surface area contributed by atoms with Crippen molar-refractivity contribution in [3.63, 3.8) is 0 Å². The summed E-state index contributed by atoms with van der Waals surface area (Å²) in [6.45, 7) is 0.643. The Hall–Kier alpha value is -2.50. The van der Waals surface area contributed by atoms with Crippen LogP contribution >= 0.6 is 0 Å². The number of carbonyl (C=O) groups excluding carboxylic acids is 1. The molecule has 0 aliphatic heterocycles. The highest BCUT2D eigenvalue weighted by Gasteiger charge is 2.15. The highest BCUT2D eigenvalue weighted by molar-refractivity contribution is 6.08. The lowest BCUT2D eigenvalue weighted by Gasteiger charge is -2.07. The molecule has 0 radical (unpaired) electrons. The molecule has 0 saturated carbocycles. The van der Waals surface area contributed by atoms with Gasteiger partial charge in [-0.05, 0) is 32.1 Å². The highest BCUT2D eigenvalue weighted by Crippen LogP contribution is 2.22. The number of hydrogen-bond donors (Lipinski definition) is 0. The van der Waals surface area contributed by atoms with E-state index >= 15 is 0 Å². The van der Waals surface area contributed by atoms with Gasteiger partial charge in [0, 0.05) is 18.3 Å². The van der Waals surface area contributed by atoms with Crippen LogP contribution in [0.4, 0.5) is 8.78 Å². The number of carbonyl (C=O) groups is 1. The molecule has 1 aromatic heterocycles. The first-order valence-electron chi connectivity index (χ1n) is 6.66. The maximum absolute atomic E-state index is 12.3. The second-order valence-corrected chi connectivity index (χ2v) is 4.78. The minimum absolute atomic E-state index is 0.0289. The van der Waals surface area contributed by atoms with Crippen molar-refractivity contribution >= 4 is 11.9 Å². The van der Waals surface area contributed by atoms with Crippen LogP contribution in [0.25, 0.3) is 6.08 Å². The first-order chi connectivity index (χ1) is 10.4. The van der Waals surface area contributed by atoms with Crippen LogP contribution in [0, 0.1) is 13.8 Å². The molecule has 2 rings (SSSR count). The van der Waals surface area contributed by atoms with Gasteiger partial charge in [0.25, 0.3) is 0 Å². The van der Waals surface area contributed by atoms with Crippen molar-refractivity contribution in [1.82, 2.24) is 9.78 Å². The minimum Gasteiger partial charge on any atom is -0.434 e. The van der Waals surface area contributed by atoms with E-state index in [2.05, 4.69) is 9.84 Å². The standard InChI is InChI=1S/C16H16F2N2O2/c1-10-15(11(2)20(3)19-10)13(21)9-8-12-6-4-5-7-14(12)22-16(17)18/h4-9,16H,1-3H3. The van der Waals surface area contributed by atoms with Crippen LogP contribution in [0.5, 0.6) is 5.75 Å². The van der Waals surface area contributed by atoms with E-state index in [0.29, 0.717) is 16.8 Å². The molecule has 4 nitrogen and oxygen atoms in total. The average molecular weight is 306 g/mol. The van der Waals surface area contributed by atoms with E-state index in [1.54, 1.807) is 43.8 Å². The number of halogens is 2. The number of allylic oxidation sites excluding steroid dienone is 1. The zero-order valence-corrected chi connectivity index (χ0v) is 12.5. The molecular weight excluding hydrogens is 290 g/mol. The number of rotatable bonds is 5. The lowest BCUT2D eigenvalue weighted by Crippen LogP contribution is -2.03. The largest absolute Gasteiger partial charge is 0.434 e. The first-order valence-corrected chi connectivity index (χ1v) is 6.66. The SMILES string of the molecule is Cc1nn(C)c(C)c1C(=O)C=Cc1ccccc1OC(F)F. The third-order valence-corrected chi connectivity index (χ3v) is 3.30. The molecule has 0 saturated heterocycles. The highest BCUT2D eigenvalue weighted by atomic mass is 19.3. The fourth-order valence-corrected chi connectivity index (χ4v) is 2.20. The minimum atomic E-state index is -2.91. The first kappa shape index (κ1) is 15.9. The number of ether oxygens (including phenoxy) is 1. The Morgan fingerprint density at radius 3 is 2.59 bits per heavy atom. The van der Waals surface area contributed by atoms with Crippen molar-refractivity contribution < 1.29 is 18.3 Å². The fourth-order valence-electron chi connectivity index (χ4n) is 2.20. The van der Waals surface area contributed by atoms with E-state index in [9.17, 15) is 13.6 Å². The zero-order valence-electron chi connectivity index (χ0n) is 12.5. The second-order valence-electron chi connectivity index (χ2n) is 4.78. The number of benzene rings is 1. The van der Waals surface area contributed by atoms with Gasteiger partial charge in [-0.1, -0.05) is 18.2 Å². The summed E-state index contributed by atoms with van der Waals surface area (Å²) in [6, 6.07) is 6.30. The number of ketones is 1. The molecule has 2 aromatic rings. The summed E-state index contributed by atoms with van der Waals surface area (Å²) in [7, 11) is 1.76. The molecule has 0 fully saturated rings. The molecule has 1 heterocycles. The van der Waals surface area contributed by atoms with Crippen LogP contribution in [0.15, 0.2) is 30.3 Å². The second kappa shape index (κ2) is 6.51. The smallest absolute Gasteiger partial charge is 0.387 e. The summed E-state index contributed by atoms with van der Waals surface area (Å²) >= 11 is 0. The van der Waals surface area contributed by atoms with Crippen LogP contribution in [0.3, 0.4) is 0 Å². The van der Waals surface area contributed by atoms with E-state index in [1.165, 1.54) is 18.2 Å². The maximum atomic E-state index is 12.3. The summed E-state index contributed by atoms with van der Waals surface area (Å²) in [5, 5.41) is 4.18. The van der Waals surface area contributed by atoms with Crippen molar-refractivity contribution in [1.29, 1.82) is 0 Å². The fraction of sp³-hybridized carbons (Fsp3) is 0.250. The summed E-state index contributed by atoms with van der Waals surface area (Å²) in [4.78, 5) is 12.3. The average Bonchev–Trinajstić information content (AvgIpc) is 2.70. The van der Waals surface area contributed by atoms with Gasteiger partial charge in [-0.2, -0.15) is 13.9 Å². The van der Waals surface area contributed by atoms with Crippen molar-refractivity contribution in [2.75, 3.05) is 0 Å². The van der Waals surface area contributed by atoms with E-state index in [4.69, 9.17) is 0 Å². The normalized spacial score (nSPS) is 11.4. The van der Waals surface area contributed by atoms with Gasteiger partial charge < -0.3 is 4.74 Å². The van der Waals surface area contributed by atoms with E-state index < -0.39 is 6.61 Å². The number of aryl methyl sites for hydroxylation is 2. The molecule has 22 heavy (non-hydrogen) atoms. The lowest BCUT2D eigenvalue weighted by atomic mass is 10.1. The van der Waals surface area contributed by atoms with Gasteiger partial charge in [0.2, 0.25) is 0 Å². The molecule has 0 spiro atoms. The Bertz CT molecular complexity index is 721. The molecule has 0 aliphatic carbocycles. The number of para-hydroxylation sites is 1. The predicted molar refractivity (Wildman–Crippen MR) is 79.1 cm³/mol. The van der Waals surface area contributed by atoms with Crippen molar-refractivity contribution in [3.8, 4) is 5.75 Å². The molecule has 6 heteroatoms. The van der Waals surface area contributed by atoms with Gasteiger partial charge in [0.1, 0.15) is 5.75 Å². The third kappa shape index (κ3) is 3.39. The van der Waals surface area contributed by atoms with Gasteiger partial charge in [-0.15, -0.1) is 0 Å². The quantitative estimate of drug-likeness (QED) is 0.627. The summed E-state index contributed by atoms with van der Waals surface area (Å²) < 4.78 is 30.7. The summed E-state index contributed by atoms with van der Waals surface area (Å²) in [6.07, 6.45) is 2.80. The maximum Gasteiger partial charge on any atom is 0.387 e. The van der Waals surface area contributed by atoms with E-state index in [1.807, 2.05) is 0 Å². The number of aromatic nitrogens is 2. The Kier molecular flexibility index (Phi) is 4.70. The molecule has 0 bridgehead atoms. The Balaban J connectivity index is 2.27. The van der Waals surface area contributed by atoms with Crippen LogP contribution in [0.1, 0.15) is 27.3 Å². The molecule has 116 valence electrons. The summed E-state index contributed by atoms with van der Waals surface area (Å²) in [5.74, 6) is -0.198. The monoisotopic (exact) mass is 306 g/mol. The Morgan fingerprint density at radius 2 is 2.00 bits per heavy atom. The number of nitrogens with zero attached hydrogens (tertiary/aromatic N) is 2. The molecule has 0 N–H and O–H groups in total. The third-order valence-electron chi connectivity index (χ3n) is 3.30. The van der Waals surface area contributed by atoms with Crippen LogP contribution < -0.4 is 4.74 Å². The van der Waals surface area contributed by atoms with Crippen LogP contribution in [-0.4, -0.2) is 22.2 Å². The molecule has 0 amide bonds. The van der Waals surface area contributed by atoms with Gasteiger partial charge >= 0.3 is 6.61 Å². The molecule has 0 atom stereocenters. The molecule has 0 unspecified atom stereocenters. The van der Waals surface area contributed by atoms with Gasteiger partial charge in [-0.25, -0.2) is 0 Å². The number of alkyl halides is 2. The van der Waals surface area contributed by atoms with Crippen LogP contribution in [-0.2, 0) is 7.05 Å². The van der Waals surface area contributed by atoms with Crippen molar-refractivity contribution in [3.05, 3.63) is 52.9 Å². The molecular formula is C16H16F2N2O2. The van der Waals surface area contributed by atoms with Crippen LogP contribution in [0.2, 0.25) is 0 Å². The van der Waals surface area contributed by atoms with Crippen molar-refractivity contribution in [2.24, 2.45) is 7.05 Å². The Morgan fingerprint density at radius 1 is 1.32 bits per heavy atom. The zero-order chi connectivity index (χ0) is 16.3. The van der Waals surface area contributed by atoms with Gasteiger partial charge in [-0.3, -0.25) is 9.48 Å². The lowest BCUT2D eigenvalue weighted by molar-refractivity contribution is -0.0499. The predicted octanol–water partition coefficient (Wildman–Crippen LogP) is 3.53. The number of hydrogen-bond acceptors (Lipinski definition) is 3. The Labute approximate surface area is 127 Å². The molecule has 0 aliphatic rings. The van der Waals surface area contributed by atoms with Crippen molar-refractivity contribution in [2.45, 2.75) is 20.5 Å². The van der Waals surface area contributed by atoms with E-state index in [0.717, 1.165) is 5.69 Å². The summed E-state index contributed by atoms with van der Waals surface area (Å²) in [5.41, 5.74) is 2.32.